The Morgan fingerprint density at radius 2 is 1.75 bits per heavy atom. The molecule has 0 bridgehead atoms. The van der Waals surface area contributed by atoms with Gasteiger partial charge in [-0.3, -0.25) is 4.98 Å². The highest BCUT2D eigenvalue weighted by atomic mass is 14.7. The van der Waals surface area contributed by atoms with Crippen LogP contribution in [0.3, 0.4) is 0 Å². The van der Waals surface area contributed by atoms with Gasteiger partial charge in [0.05, 0.1) is 15.3 Å². The van der Waals surface area contributed by atoms with Crippen LogP contribution in [0.1, 0.15) is 28.9 Å². The molecule has 1 nitrogen and oxygen atoms in total. The molecule has 3 rings (SSSR count). The van der Waals surface area contributed by atoms with Gasteiger partial charge in [0, 0.05) is 20.0 Å². The number of nitrogens with zero attached hydrogens (tertiary/aromatic N) is 1. The maximum absolute atomic E-state index is 8.33. The largest absolute Gasteiger partial charge is 0.256 e. The zero-order valence-corrected chi connectivity index (χ0v) is 10.3. The molecule has 0 amide bonds. The Kier molecular flexibility index (Phi) is 1.21. The molecule has 2 aromatic carbocycles. The first kappa shape index (κ1) is 4.56. The van der Waals surface area contributed by atoms with Gasteiger partial charge in [-0.2, -0.15) is 0 Å². The lowest BCUT2D eigenvalue weighted by molar-refractivity contribution is 1.27. The van der Waals surface area contributed by atoms with Crippen molar-refractivity contribution in [3.63, 3.8) is 0 Å². The fourth-order valence-corrected chi connectivity index (χ4v) is 1.73. The monoisotopic (exact) mass is 272 g/mol. The SMILES string of the molecule is [2H]c1cc(-c2cc(-c3c([2H])c([2H])c(C([2H])([2H])[2H])c([2H])c3[2H])c(C([2H])([2H])[2H])cn2)cc([2H])c1[2H]. The molecule has 0 aliphatic rings. The second-order valence-electron chi connectivity index (χ2n) is 4.02. The fourth-order valence-electron chi connectivity index (χ4n) is 1.73. The van der Waals surface area contributed by atoms with E-state index < -0.39 is 49.0 Å². The number of aryl methyl sites for hydroxylation is 1. The smallest absolute Gasteiger partial charge is 0.0708 e. The molecule has 3 aromatic rings. The predicted octanol–water partition coefficient (Wildman–Crippen LogP) is 5.03. The van der Waals surface area contributed by atoms with Gasteiger partial charge in [-0.25, -0.2) is 0 Å². The number of hydrogen-bond donors (Lipinski definition) is 0. The summed E-state index contributed by atoms with van der Waals surface area (Å²) in [6, 6.07) is -0.136. The zero-order chi connectivity index (χ0) is 25.0. The average Bonchev–Trinajstić information content (AvgIpc) is 2.68. The summed E-state index contributed by atoms with van der Waals surface area (Å²) >= 11 is 0. The molecule has 0 saturated heterocycles. The Morgan fingerprint density at radius 3 is 2.45 bits per heavy atom. The molecule has 0 aliphatic heterocycles. The summed E-state index contributed by atoms with van der Waals surface area (Å²) in [5, 5.41) is 0. The zero-order valence-electron chi connectivity index (χ0n) is 23.3. The Bertz CT molecular complexity index is 1210. The third-order valence-corrected chi connectivity index (χ3v) is 2.69. The highest BCUT2D eigenvalue weighted by molar-refractivity contribution is 5.72. The molecule has 0 radical (unpaired) electrons. The van der Waals surface area contributed by atoms with Crippen molar-refractivity contribution in [3.05, 3.63) is 77.8 Å². The van der Waals surface area contributed by atoms with Crippen molar-refractivity contribution in [2.24, 2.45) is 0 Å². The summed E-state index contributed by atoms with van der Waals surface area (Å²) in [6.45, 7) is -5.67. The van der Waals surface area contributed by atoms with Crippen LogP contribution >= 0.6 is 0 Å². The third kappa shape index (κ3) is 2.48. The number of rotatable bonds is 2. The third-order valence-electron chi connectivity index (χ3n) is 2.69. The van der Waals surface area contributed by atoms with Crippen molar-refractivity contribution < 1.29 is 17.8 Å². The minimum atomic E-state index is -2.92. The lowest BCUT2D eigenvalue weighted by Crippen LogP contribution is -1.89. The van der Waals surface area contributed by atoms with Crippen LogP contribution in [0.5, 0.6) is 0 Å². The van der Waals surface area contributed by atoms with Gasteiger partial charge in [-0.1, -0.05) is 60.0 Å². The molecule has 98 valence electrons. The summed E-state index contributed by atoms with van der Waals surface area (Å²) in [5.74, 6) is 0. The maximum Gasteiger partial charge on any atom is 0.0708 e. The van der Waals surface area contributed by atoms with Crippen LogP contribution in [0, 0.1) is 13.7 Å². The number of aromatic nitrogens is 1. The van der Waals surface area contributed by atoms with Crippen molar-refractivity contribution in [2.75, 3.05) is 0 Å². The Balaban J connectivity index is 2.41. The van der Waals surface area contributed by atoms with Gasteiger partial charge in [-0.15, -0.1) is 0 Å². The van der Waals surface area contributed by atoms with E-state index in [1.807, 2.05) is 0 Å². The topological polar surface area (TPSA) is 12.9 Å². The lowest BCUT2D eigenvalue weighted by atomic mass is 9.99. The first-order valence-electron chi connectivity index (χ1n) is 12.3. The van der Waals surface area contributed by atoms with E-state index in [2.05, 4.69) is 4.98 Å². The van der Waals surface area contributed by atoms with E-state index in [4.69, 9.17) is 17.8 Å². The maximum atomic E-state index is 8.33. The van der Waals surface area contributed by atoms with Crippen molar-refractivity contribution in [1.82, 2.24) is 4.98 Å². The van der Waals surface area contributed by atoms with Crippen LogP contribution in [-0.2, 0) is 0 Å². The van der Waals surface area contributed by atoms with Gasteiger partial charge in [0.25, 0.3) is 0 Å². The van der Waals surface area contributed by atoms with E-state index >= 15 is 0 Å². The van der Waals surface area contributed by atoms with Crippen LogP contribution in [0.25, 0.3) is 22.4 Å². The average molecular weight is 272 g/mol. The van der Waals surface area contributed by atoms with Crippen LogP contribution in [0.4, 0.5) is 0 Å². The Morgan fingerprint density at radius 1 is 0.950 bits per heavy atom. The van der Waals surface area contributed by atoms with Crippen molar-refractivity contribution in [1.29, 1.82) is 0 Å². The van der Waals surface area contributed by atoms with Crippen molar-refractivity contribution >= 4 is 0 Å². The Labute approximate surface area is 138 Å². The highest BCUT2D eigenvalue weighted by Crippen LogP contribution is 2.27. The molecule has 0 atom stereocenters. The number of benzene rings is 2. The molecule has 0 aliphatic carbocycles. The van der Waals surface area contributed by atoms with Crippen molar-refractivity contribution in [3.8, 4) is 22.4 Å². The Hall–Kier alpha value is -2.41. The van der Waals surface area contributed by atoms with E-state index in [0.717, 1.165) is 6.20 Å². The van der Waals surface area contributed by atoms with Gasteiger partial charge < -0.3 is 0 Å². The van der Waals surface area contributed by atoms with Gasteiger partial charge in [0.2, 0.25) is 0 Å². The quantitative estimate of drug-likeness (QED) is 0.637. The second-order valence-corrected chi connectivity index (χ2v) is 4.02. The summed E-state index contributed by atoms with van der Waals surface area (Å²) in [5.41, 5.74) is -1.45. The van der Waals surface area contributed by atoms with E-state index in [-0.39, 0.29) is 40.5 Å². The molecule has 20 heavy (non-hydrogen) atoms. The molecule has 0 spiro atoms. The number of hydrogen-bond acceptors (Lipinski definition) is 1. The minimum Gasteiger partial charge on any atom is -0.256 e. The van der Waals surface area contributed by atoms with E-state index in [9.17, 15) is 0 Å². The number of pyridine rings is 1. The summed E-state index contributed by atoms with van der Waals surface area (Å²) in [6.07, 6.45) is 0.989. The highest BCUT2D eigenvalue weighted by Gasteiger charge is 2.06. The van der Waals surface area contributed by atoms with Crippen LogP contribution < -0.4 is 0 Å². The molecule has 1 heteroatoms. The van der Waals surface area contributed by atoms with Crippen LogP contribution in [0.2, 0.25) is 0 Å². The molecule has 0 saturated carbocycles. The lowest BCUT2D eigenvalue weighted by Gasteiger charge is -2.09. The molecule has 1 aromatic heterocycles. The van der Waals surface area contributed by atoms with E-state index in [0.29, 0.717) is 0 Å². The van der Waals surface area contributed by atoms with Gasteiger partial charge in [0.1, 0.15) is 0 Å². The van der Waals surface area contributed by atoms with E-state index in [1.54, 1.807) is 0 Å². The van der Waals surface area contributed by atoms with Crippen LogP contribution in [-0.4, -0.2) is 4.98 Å². The second kappa shape index (κ2) is 5.30. The summed E-state index contributed by atoms with van der Waals surface area (Å²) < 4.78 is 102. The summed E-state index contributed by atoms with van der Waals surface area (Å²) in [4.78, 5) is 4.08. The van der Waals surface area contributed by atoms with Crippen molar-refractivity contribution in [2.45, 2.75) is 13.7 Å². The first-order valence-corrected chi connectivity index (χ1v) is 5.75. The predicted molar refractivity (Wildman–Crippen MR) is 84.6 cm³/mol. The first-order chi connectivity index (χ1) is 15.1. The fraction of sp³-hybridized carbons (Fsp3) is 0.105. The van der Waals surface area contributed by atoms with Gasteiger partial charge in [0.15, 0.2) is 0 Å². The van der Waals surface area contributed by atoms with Crippen LogP contribution in [0.15, 0.2) is 66.7 Å². The molecular weight excluding hydrogens is 242 g/mol. The molecule has 0 fully saturated rings. The van der Waals surface area contributed by atoms with Gasteiger partial charge in [-0.05, 0) is 36.5 Å². The minimum absolute atomic E-state index is 0.0803. The van der Waals surface area contributed by atoms with E-state index in [1.165, 1.54) is 18.2 Å². The molecule has 0 unspecified atom stereocenters. The standard InChI is InChI=1S/C19H17N/c1-14-8-10-16(11-9-14)18-12-19(20-13-15(18)2)17-6-4-3-5-7-17/h3-13H,1-2H3/i1D3,2D3,3D,4D,5D,8D,9D,10D,11D. The van der Waals surface area contributed by atoms with Gasteiger partial charge >= 0.3 is 0 Å². The molecule has 1 heterocycles. The molecular formula is C19H17N. The summed E-state index contributed by atoms with van der Waals surface area (Å²) in [7, 11) is 0. The normalized spacial score (nSPS) is 21.1. The molecule has 0 N–H and O–H groups in total.